The number of hydrogen-bond donors (Lipinski definition) is 3. The zero-order chi connectivity index (χ0) is 17.0. The minimum absolute atomic E-state index is 0.101. The number of halogens is 1. The Balaban J connectivity index is 2.09. The number of nitrogens with zero attached hydrogens (tertiary/aromatic N) is 3. The number of aromatic carboxylic acids is 1. The van der Waals surface area contributed by atoms with Crippen LogP contribution in [0.25, 0.3) is 0 Å². The molecule has 0 spiro atoms. The van der Waals surface area contributed by atoms with Gasteiger partial charge in [-0.05, 0) is 32.0 Å². The third-order valence-corrected chi connectivity index (χ3v) is 2.76. The first-order valence-electron chi connectivity index (χ1n) is 6.84. The van der Waals surface area contributed by atoms with E-state index in [1.807, 2.05) is 13.8 Å². The molecule has 23 heavy (non-hydrogen) atoms. The lowest BCUT2D eigenvalue weighted by atomic mass is 10.2. The number of nitrogens with one attached hydrogen (secondary N) is 2. The van der Waals surface area contributed by atoms with Gasteiger partial charge in [0, 0.05) is 6.04 Å². The highest BCUT2D eigenvalue weighted by Gasteiger charge is 2.13. The highest BCUT2D eigenvalue weighted by molar-refractivity contribution is 5.94. The van der Waals surface area contributed by atoms with E-state index in [2.05, 4.69) is 20.9 Å². The van der Waals surface area contributed by atoms with Gasteiger partial charge in [-0.25, -0.2) is 13.9 Å². The second-order valence-electron chi connectivity index (χ2n) is 5.14. The van der Waals surface area contributed by atoms with E-state index in [1.54, 1.807) is 0 Å². The van der Waals surface area contributed by atoms with Crippen LogP contribution in [0, 0.1) is 5.82 Å². The van der Waals surface area contributed by atoms with Crippen LogP contribution in [-0.4, -0.2) is 38.0 Å². The molecular formula is C14H16FN5O3. The summed E-state index contributed by atoms with van der Waals surface area (Å²) in [6, 6.07) is 4.12. The van der Waals surface area contributed by atoms with Gasteiger partial charge in [-0.15, -0.1) is 5.10 Å². The van der Waals surface area contributed by atoms with Gasteiger partial charge >= 0.3 is 5.97 Å². The van der Waals surface area contributed by atoms with Crippen LogP contribution in [-0.2, 0) is 11.3 Å². The highest BCUT2D eigenvalue weighted by atomic mass is 19.1. The Morgan fingerprint density at radius 3 is 2.70 bits per heavy atom. The number of aromatic nitrogens is 3. The number of carboxylic acid groups (broad SMARTS) is 1. The van der Waals surface area contributed by atoms with Crippen molar-refractivity contribution in [2.45, 2.75) is 26.4 Å². The third kappa shape index (κ3) is 4.50. The summed E-state index contributed by atoms with van der Waals surface area (Å²) in [6.45, 7) is 3.59. The summed E-state index contributed by atoms with van der Waals surface area (Å²) in [5.41, 5.74) is 0.618. The van der Waals surface area contributed by atoms with Gasteiger partial charge in [0.2, 0.25) is 5.91 Å². The van der Waals surface area contributed by atoms with Gasteiger partial charge in [-0.2, -0.15) is 0 Å². The van der Waals surface area contributed by atoms with Gasteiger partial charge in [0.25, 0.3) is 0 Å². The molecule has 1 aromatic heterocycles. The van der Waals surface area contributed by atoms with Gasteiger partial charge in [-0.1, -0.05) is 5.21 Å². The number of anilines is 2. The average molecular weight is 321 g/mol. The van der Waals surface area contributed by atoms with E-state index in [9.17, 15) is 14.0 Å². The predicted molar refractivity (Wildman–Crippen MR) is 80.8 cm³/mol. The Bertz CT molecular complexity index is 729. The lowest BCUT2D eigenvalue weighted by Crippen LogP contribution is -2.21. The van der Waals surface area contributed by atoms with Crippen molar-refractivity contribution in [3.8, 4) is 0 Å². The van der Waals surface area contributed by atoms with Crippen molar-refractivity contribution in [3.63, 3.8) is 0 Å². The molecule has 0 saturated carbocycles. The summed E-state index contributed by atoms with van der Waals surface area (Å²) in [5, 5.41) is 21.4. The van der Waals surface area contributed by atoms with Crippen LogP contribution in [0.2, 0.25) is 0 Å². The van der Waals surface area contributed by atoms with Gasteiger partial charge < -0.3 is 15.7 Å². The summed E-state index contributed by atoms with van der Waals surface area (Å²) in [4.78, 5) is 22.7. The van der Waals surface area contributed by atoms with Crippen LogP contribution in [0.4, 0.5) is 15.8 Å². The lowest BCUT2D eigenvalue weighted by molar-refractivity contribution is -0.116. The van der Waals surface area contributed by atoms with Gasteiger partial charge in [-0.3, -0.25) is 4.79 Å². The maximum absolute atomic E-state index is 13.4. The molecule has 0 aliphatic heterocycles. The Morgan fingerprint density at radius 1 is 1.35 bits per heavy atom. The van der Waals surface area contributed by atoms with Crippen LogP contribution in [0.5, 0.6) is 0 Å². The number of hydrogen-bond acceptors (Lipinski definition) is 5. The molecule has 2 rings (SSSR count). The van der Waals surface area contributed by atoms with E-state index >= 15 is 0 Å². The largest absolute Gasteiger partial charge is 0.476 e. The first-order chi connectivity index (χ1) is 10.8. The Hall–Kier alpha value is -2.97. The Labute approximate surface area is 131 Å². The number of carbonyl (C=O) groups is 2. The van der Waals surface area contributed by atoms with E-state index in [0.29, 0.717) is 11.4 Å². The summed E-state index contributed by atoms with van der Waals surface area (Å²) in [6.07, 6.45) is 1.14. The van der Waals surface area contributed by atoms with E-state index in [4.69, 9.17) is 5.11 Å². The summed E-state index contributed by atoms with van der Waals surface area (Å²) in [7, 11) is 0. The summed E-state index contributed by atoms with van der Waals surface area (Å²) in [5.74, 6) is -2.20. The standard InChI is InChI=1S/C14H16FN5O3/c1-8(2)16-10-4-3-9(15)5-11(10)17-13(21)7-20-6-12(14(22)23)18-19-20/h3-6,8,16H,7H2,1-2H3,(H,17,21)(H,22,23). The molecule has 0 unspecified atom stereocenters. The second-order valence-corrected chi connectivity index (χ2v) is 5.14. The molecule has 8 nitrogen and oxygen atoms in total. The maximum Gasteiger partial charge on any atom is 0.358 e. The SMILES string of the molecule is CC(C)Nc1ccc(F)cc1NC(=O)Cn1cc(C(=O)O)nn1. The minimum Gasteiger partial charge on any atom is -0.476 e. The summed E-state index contributed by atoms with van der Waals surface area (Å²) < 4.78 is 14.5. The van der Waals surface area contributed by atoms with Crippen molar-refractivity contribution in [2.24, 2.45) is 0 Å². The highest BCUT2D eigenvalue weighted by Crippen LogP contribution is 2.23. The van der Waals surface area contributed by atoms with Crippen molar-refractivity contribution >= 4 is 23.3 Å². The first kappa shape index (κ1) is 16.4. The Kier molecular flexibility index (Phi) is 4.89. The maximum atomic E-state index is 13.4. The molecule has 3 N–H and O–H groups in total. The first-order valence-corrected chi connectivity index (χ1v) is 6.84. The fraction of sp³-hybridized carbons (Fsp3) is 0.286. The van der Waals surface area contributed by atoms with E-state index < -0.39 is 17.7 Å². The topological polar surface area (TPSA) is 109 Å². The third-order valence-electron chi connectivity index (χ3n) is 2.76. The van der Waals surface area contributed by atoms with E-state index in [1.165, 1.54) is 18.2 Å². The molecule has 1 heterocycles. The molecule has 9 heteroatoms. The quantitative estimate of drug-likeness (QED) is 0.745. The number of amides is 1. The van der Waals surface area contributed by atoms with Crippen molar-refractivity contribution in [3.05, 3.63) is 35.9 Å². The summed E-state index contributed by atoms with van der Waals surface area (Å²) >= 11 is 0. The number of rotatable bonds is 6. The molecule has 0 atom stereocenters. The fourth-order valence-electron chi connectivity index (χ4n) is 1.87. The molecule has 0 saturated heterocycles. The zero-order valence-electron chi connectivity index (χ0n) is 12.6. The molecule has 0 aliphatic carbocycles. The lowest BCUT2D eigenvalue weighted by Gasteiger charge is -2.15. The molecule has 0 radical (unpaired) electrons. The average Bonchev–Trinajstić information content (AvgIpc) is 2.90. The Morgan fingerprint density at radius 2 is 2.09 bits per heavy atom. The smallest absolute Gasteiger partial charge is 0.358 e. The molecule has 1 aromatic carbocycles. The minimum atomic E-state index is -1.23. The molecule has 0 bridgehead atoms. The second kappa shape index (κ2) is 6.86. The van der Waals surface area contributed by atoms with Crippen molar-refractivity contribution in [1.82, 2.24) is 15.0 Å². The van der Waals surface area contributed by atoms with Crippen LogP contribution in [0.1, 0.15) is 24.3 Å². The fourth-order valence-corrected chi connectivity index (χ4v) is 1.87. The number of carboxylic acids is 1. The van der Waals surface area contributed by atoms with E-state index in [0.717, 1.165) is 10.9 Å². The zero-order valence-corrected chi connectivity index (χ0v) is 12.6. The van der Waals surface area contributed by atoms with Crippen LogP contribution in [0.3, 0.4) is 0 Å². The molecule has 2 aromatic rings. The number of benzene rings is 1. The molecular weight excluding hydrogens is 305 g/mol. The van der Waals surface area contributed by atoms with Crippen LogP contribution < -0.4 is 10.6 Å². The molecule has 1 amide bonds. The molecule has 122 valence electrons. The van der Waals surface area contributed by atoms with Crippen molar-refractivity contribution in [1.29, 1.82) is 0 Å². The van der Waals surface area contributed by atoms with Crippen LogP contribution >= 0.6 is 0 Å². The van der Waals surface area contributed by atoms with Crippen LogP contribution in [0.15, 0.2) is 24.4 Å². The van der Waals surface area contributed by atoms with Gasteiger partial charge in [0.15, 0.2) is 5.69 Å². The monoisotopic (exact) mass is 321 g/mol. The van der Waals surface area contributed by atoms with E-state index in [-0.39, 0.29) is 18.3 Å². The normalized spacial score (nSPS) is 10.6. The molecule has 0 fully saturated rings. The van der Waals surface area contributed by atoms with Gasteiger partial charge in [0.1, 0.15) is 12.4 Å². The molecule has 0 aliphatic rings. The van der Waals surface area contributed by atoms with Crippen molar-refractivity contribution in [2.75, 3.05) is 10.6 Å². The van der Waals surface area contributed by atoms with Gasteiger partial charge in [0.05, 0.1) is 17.6 Å². The predicted octanol–water partition coefficient (Wildman–Crippen LogP) is 1.57. The number of carbonyl (C=O) groups excluding carboxylic acids is 1. The van der Waals surface area contributed by atoms with Crippen molar-refractivity contribution < 1.29 is 19.1 Å².